The molecule has 2 rings (SSSR count). The number of nitrogens with zero attached hydrogens (tertiary/aromatic N) is 1. The smallest absolute Gasteiger partial charge is 0.339 e. The Bertz CT molecular complexity index is 579. The number of hydrogen-bond acceptors (Lipinski definition) is 4. The van der Waals surface area contributed by atoms with Gasteiger partial charge in [0.15, 0.2) is 5.84 Å². The molecule has 0 spiro atoms. The third-order valence-corrected chi connectivity index (χ3v) is 3.30. The van der Waals surface area contributed by atoms with E-state index in [1.54, 1.807) is 24.3 Å². The molecule has 0 radical (unpaired) electrons. The lowest BCUT2D eigenvalue weighted by atomic mass is 10.2. The molecule has 0 fully saturated rings. The van der Waals surface area contributed by atoms with E-state index in [1.165, 1.54) is 11.3 Å². The van der Waals surface area contributed by atoms with Crippen LogP contribution >= 0.6 is 22.9 Å². The molecule has 0 aliphatic carbocycles. The Morgan fingerprint density at radius 2 is 2.05 bits per heavy atom. The molecule has 0 aliphatic heterocycles. The Labute approximate surface area is 119 Å². The van der Waals surface area contributed by atoms with Gasteiger partial charge in [-0.25, -0.2) is 4.79 Å². The van der Waals surface area contributed by atoms with Crippen LogP contribution in [0.1, 0.15) is 11.1 Å². The summed E-state index contributed by atoms with van der Waals surface area (Å²) in [5.41, 5.74) is 7.24. The van der Waals surface area contributed by atoms with Crippen molar-refractivity contribution in [2.24, 2.45) is 10.9 Å². The summed E-state index contributed by atoms with van der Waals surface area (Å²) in [6, 6.07) is 8.64. The zero-order valence-electron chi connectivity index (χ0n) is 9.88. The highest BCUT2D eigenvalue weighted by molar-refractivity contribution is 7.07. The molecule has 0 saturated heterocycles. The number of amidine groups is 1. The van der Waals surface area contributed by atoms with Crippen molar-refractivity contribution in [3.63, 3.8) is 0 Å². The highest BCUT2D eigenvalue weighted by Gasteiger charge is 2.06. The summed E-state index contributed by atoms with van der Waals surface area (Å²) in [7, 11) is 0. The molecule has 2 N–H and O–H groups in total. The first kappa shape index (κ1) is 13.6. The molecule has 1 aromatic heterocycles. The van der Waals surface area contributed by atoms with Crippen molar-refractivity contribution < 1.29 is 9.63 Å². The molecule has 4 nitrogen and oxygen atoms in total. The SMILES string of the molecule is N/C(=N\OC(=O)Cc1ccsc1)c1ccc(Cl)cc1. The first-order valence-corrected chi connectivity index (χ1v) is 6.77. The molecule has 0 unspecified atom stereocenters. The van der Waals surface area contributed by atoms with E-state index >= 15 is 0 Å². The molecule has 19 heavy (non-hydrogen) atoms. The number of oxime groups is 1. The second kappa shape index (κ2) is 6.36. The third kappa shape index (κ3) is 4.08. The Balaban J connectivity index is 1.94. The quantitative estimate of drug-likeness (QED) is 0.408. The fourth-order valence-corrected chi connectivity index (χ4v) is 2.16. The van der Waals surface area contributed by atoms with Gasteiger partial charge in [0.05, 0.1) is 6.42 Å². The molecule has 0 atom stereocenters. The van der Waals surface area contributed by atoms with Crippen LogP contribution in [0.15, 0.2) is 46.2 Å². The zero-order valence-corrected chi connectivity index (χ0v) is 11.4. The van der Waals surface area contributed by atoms with E-state index in [4.69, 9.17) is 22.2 Å². The van der Waals surface area contributed by atoms with Crippen LogP contribution in [-0.4, -0.2) is 11.8 Å². The number of thiophene rings is 1. The van der Waals surface area contributed by atoms with Crippen molar-refractivity contribution in [1.82, 2.24) is 0 Å². The average Bonchev–Trinajstić information content (AvgIpc) is 2.89. The van der Waals surface area contributed by atoms with E-state index in [9.17, 15) is 4.79 Å². The van der Waals surface area contributed by atoms with Gasteiger partial charge in [0, 0.05) is 10.6 Å². The zero-order chi connectivity index (χ0) is 13.7. The largest absolute Gasteiger partial charge is 0.380 e. The van der Waals surface area contributed by atoms with Crippen LogP contribution in [0.3, 0.4) is 0 Å². The van der Waals surface area contributed by atoms with Gasteiger partial charge in [0.25, 0.3) is 0 Å². The second-order valence-electron chi connectivity index (χ2n) is 3.76. The number of carbonyl (C=O) groups is 1. The number of rotatable bonds is 4. The fraction of sp³-hybridized carbons (Fsp3) is 0.0769. The van der Waals surface area contributed by atoms with Crippen LogP contribution in [0.4, 0.5) is 0 Å². The van der Waals surface area contributed by atoms with Gasteiger partial charge in [-0.2, -0.15) is 11.3 Å². The van der Waals surface area contributed by atoms with Crippen molar-refractivity contribution in [1.29, 1.82) is 0 Å². The Kier molecular flexibility index (Phi) is 4.54. The van der Waals surface area contributed by atoms with Crippen LogP contribution in [0.5, 0.6) is 0 Å². The summed E-state index contributed by atoms with van der Waals surface area (Å²) in [6.07, 6.45) is 0.181. The van der Waals surface area contributed by atoms with Crippen molar-refractivity contribution in [2.75, 3.05) is 0 Å². The monoisotopic (exact) mass is 294 g/mol. The van der Waals surface area contributed by atoms with Gasteiger partial charge in [-0.05, 0) is 46.7 Å². The molecule has 0 amide bonds. The standard InChI is InChI=1S/C13H11ClN2O2S/c14-11-3-1-10(2-4-11)13(15)16-18-12(17)7-9-5-6-19-8-9/h1-6,8H,7H2,(H2,15,16). The minimum absolute atomic E-state index is 0.135. The van der Waals surface area contributed by atoms with Gasteiger partial charge >= 0.3 is 5.97 Å². The number of hydrogen-bond donors (Lipinski definition) is 1. The Morgan fingerprint density at radius 1 is 1.32 bits per heavy atom. The molecule has 0 saturated carbocycles. The number of benzene rings is 1. The van der Waals surface area contributed by atoms with Crippen molar-refractivity contribution >= 4 is 34.7 Å². The van der Waals surface area contributed by atoms with Crippen LogP contribution in [0, 0.1) is 0 Å². The maximum atomic E-state index is 11.5. The van der Waals surface area contributed by atoms with Gasteiger partial charge in [-0.1, -0.05) is 16.8 Å². The molecule has 98 valence electrons. The Morgan fingerprint density at radius 3 is 2.68 bits per heavy atom. The predicted molar refractivity (Wildman–Crippen MR) is 76.3 cm³/mol. The van der Waals surface area contributed by atoms with E-state index in [0.29, 0.717) is 10.6 Å². The lowest BCUT2D eigenvalue weighted by Crippen LogP contribution is -2.15. The minimum atomic E-state index is -0.449. The highest BCUT2D eigenvalue weighted by Crippen LogP contribution is 2.10. The summed E-state index contributed by atoms with van der Waals surface area (Å²) < 4.78 is 0. The van der Waals surface area contributed by atoms with E-state index in [-0.39, 0.29) is 12.3 Å². The van der Waals surface area contributed by atoms with Gasteiger partial charge in [-0.3, -0.25) is 0 Å². The van der Waals surface area contributed by atoms with Crippen LogP contribution in [0.25, 0.3) is 0 Å². The number of halogens is 1. The molecule has 2 aromatic rings. The van der Waals surface area contributed by atoms with Crippen molar-refractivity contribution in [3.8, 4) is 0 Å². The van der Waals surface area contributed by atoms with Crippen LogP contribution in [-0.2, 0) is 16.1 Å². The number of nitrogens with two attached hydrogens (primary N) is 1. The summed E-state index contributed by atoms with van der Waals surface area (Å²) >= 11 is 7.28. The first-order valence-electron chi connectivity index (χ1n) is 5.45. The maximum Gasteiger partial charge on any atom is 0.339 e. The van der Waals surface area contributed by atoms with E-state index in [2.05, 4.69) is 5.16 Å². The van der Waals surface area contributed by atoms with Crippen molar-refractivity contribution in [3.05, 3.63) is 57.2 Å². The van der Waals surface area contributed by atoms with Gasteiger partial charge < -0.3 is 10.6 Å². The molecular weight excluding hydrogens is 284 g/mol. The molecule has 1 heterocycles. The summed E-state index contributed by atoms with van der Waals surface area (Å²) in [6.45, 7) is 0. The lowest BCUT2D eigenvalue weighted by molar-refractivity contribution is -0.142. The Hall–Kier alpha value is -1.85. The lowest BCUT2D eigenvalue weighted by Gasteiger charge is -2.01. The van der Waals surface area contributed by atoms with Gasteiger partial charge in [0.2, 0.25) is 0 Å². The minimum Gasteiger partial charge on any atom is -0.380 e. The first-order chi connectivity index (χ1) is 9.15. The molecule has 0 bridgehead atoms. The van der Waals surface area contributed by atoms with Crippen molar-refractivity contribution in [2.45, 2.75) is 6.42 Å². The van der Waals surface area contributed by atoms with Gasteiger partial charge in [-0.15, -0.1) is 0 Å². The predicted octanol–water partition coefficient (Wildman–Crippen LogP) is 2.81. The molecule has 1 aromatic carbocycles. The third-order valence-electron chi connectivity index (χ3n) is 2.31. The topological polar surface area (TPSA) is 64.7 Å². The van der Waals surface area contributed by atoms with E-state index in [1.807, 2.05) is 16.8 Å². The molecular formula is C13H11ClN2O2S. The van der Waals surface area contributed by atoms with E-state index < -0.39 is 5.97 Å². The summed E-state index contributed by atoms with van der Waals surface area (Å²) in [5.74, 6) is -0.314. The van der Waals surface area contributed by atoms with Gasteiger partial charge in [0.1, 0.15) is 0 Å². The number of carbonyl (C=O) groups excluding carboxylic acids is 1. The second-order valence-corrected chi connectivity index (χ2v) is 4.97. The normalized spacial score (nSPS) is 11.3. The van der Waals surface area contributed by atoms with E-state index in [0.717, 1.165) is 5.56 Å². The maximum absolute atomic E-state index is 11.5. The molecule has 0 aliphatic rings. The molecule has 6 heteroatoms. The highest BCUT2D eigenvalue weighted by atomic mass is 35.5. The average molecular weight is 295 g/mol. The summed E-state index contributed by atoms with van der Waals surface area (Å²) in [5, 5.41) is 7.99. The van der Waals surface area contributed by atoms with Crippen LogP contribution in [0.2, 0.25) is 5.02 Å². The fourth-order valence-electron chi connectivity index (χ4n) is 1.37. The summed E-state index contributed by atoms with van der Waals surface area (Å²) in [4.78, 5) is 16.3. The van der Waals surface area contributed by atoms with Crippen LogP contribution < -0.4 is 5.73 Å².